The average Bonchev–Trinajstić information content (AvgIpc) is 2.99. The van der Waals surface area contributed by atoms with Gasteiger partial charge in [0.15, 0.2) is 5.75 Å². The number of aliphatic hydroxyl groups excluding tert-OH is 1. The van der Waals surface area contributed by atoms with E-state index in [9.17, 15) is 23.1 Å². The molecule has 0 unspecified atom stereocenters. The molecule has 0 fully saturated rings. The maximum atomic E-state index is 13.7. The van der Waals surface area contributed by atoms with Gasteiger partial charge in [-0.15, -0.1) is 0 Å². The number of carbonyl (C=O) groups excluding carboxylic acids is 2. The summed E-state index contributed by atoms with van der Waals surface area (Å²) in [6, 6.07) is 18.6. The van der Waals surface area contributed by atoms with Crippen LogP contribution >= 0.6 is 0 Å². The van der Waals surface area contributed by atoms with Crippen molar-refractivity contribution in [2.24, 2.45) is 5.92 Å². The van der Waals surface area contributed by atoms with E-state index in [1.54, 1.807) is 79.6 Å². The molecule has 3 atom stereocenters. The van der Waals surface area contributed by atoms with Gasteiger partial charge in [0.25, 0.3) is 5.91 Å². The fraction of sp³-hybridized carbons (Fsp3) is 0.333. The molecule has 4 rings (SSSR count). The molecule has 3 N–H and O–H groups in total. The van der Waals surface area contributed by atoms with Gasteiger partial charge in [0.2, 0.25) is 10.0 Å². The second-order valence-corrected chi connectivity index (χ2v) is 12.3. The van der Waals surface area contributed by atoms with Crippen LogP contribution in [-0.2, 0) is 10.0 Å². The van der Waals surface area contributed by atoms with Crippen LogP contribution in [0.4, 0.5) is 16.2 Å². The number of benzene rings is 3. The molecule has 0 spiro atoms. The second-order valence-electron chi connectivity index (χ2n) is 10.2. The molecule has 0 saturated carbocycles. The molecule has 11 nitrogen and oxygen atoms in total. The Balaban J connectivity index is 1.67. The van der Waals surface area contributed by atoms with Gasteiger partial charge in [-0.1, -0.05) is 31.2 Å². The number of urea groups is 1. The molecule has 0 saturated heterocycles. The zero-order valence-corrected chi connectivity index (χ0v) is 24.8. The molecule has 1 heterocycles. The number of para-hydroxylation sites is 1. The molecule has 1 aliphatic rings. The normalized spacial score (nSPS) is 17.9. The largest absolute Gasteiger partial charge is 0.497 e. The van der Waals surface area contributed by atoms with Crippen molar-refractivity contribution in [1.82, 2.24) is 9.21 Å². The van der Waals surface area contributed by atoms with E-state index in [1.165, 1.54) is 23.5 Å². The summed E-state index contributed by atoms with van der Waals surface area (Å²) in [5.74, 6) is 0.0370. The highest BCUT2D eigenvalue weighted by Gasteiger charge is 2.36. The second kappa shape index (κ2) is 13.2. The minimum atomic E-state index is -3.83. The van der Waals surface area contributed by atoms with Crippen LogP contribution in [0.15, 0.2) is 77.7 Å². The van der Waals surface area contributed by atoms with Crippen molar-refractivity contribution in [3.8, 4) is 11.5 Å². The van der Waals surface area contributed by atoms with E-state index in [0.717, 1.165) is 0 Å². The smallest absolute Gasteiger partial charge is 0.323 e. The van der Waals surface area contributed by atoms with Crippen LogP contribution in [0.3, 0.4) is 0 Å². The molecule has 0 radical (unpaired) electrons. The number of rotatable bonds is 9. The summed E-state index contributed by atoms with van der Waals surface area (Å²) >= 11 is 0. The third kappa shape index (κ3) is 6.84. The molecule has 1 aliphatic heterocycles. The predicted molar refractivity (Wildman–Crippen MR) is 159 cm³/mol. The molecule has 0 bridgehead atoms. The quantitative estimate of drug-likeness (QED) is 0.341. The summed E-state index contributed by atoms with van der Waals surface area (Å²) in [5, 5.41) is 15.4. The molecule has 3 aromatic carbocycles. The molecule has 3 amide bonds. The zero-order chi connectivity index (χ0) is 30.4. The summed E-state index contributed by atoms with van der Waals surface area (Å²) in [7, 11) is -0.807. The van der Waals surface area contributed by atoms with Crippen molar-refractivity contribution in [3.63, 3.8) is 0 Å². The van der Waals surface area contributed by atoms with Gasteiger partial charge in [-0.3, -0.25) is 4.79 Å². The SMILES string of the molecule is COc1ccc(NC(=O)Nc2cccc3c2O[C@H](CN(C)S(=O)(=O)c2ccccc2)[C@@H](C)CN([C@H](C)CO)C3=O)cc1. The number of aliphatic hydroxyl groups is 1. The number of carbonyl (C=O) groups is 2. The molecular weight excluding hydrogens is 560 g/mol. The van der Waals surface area contributed by atoms with Crippen LogP contribution in [0.25, 0.3) is 0 Å². The minimum Gasteiger partial charge on any atom is -0.497 e. The average molecular weight is 597 g/mol. The lowest BCUT2D eigenvalue weighted by atomic mass is 9.99. The lowest BCUT2D eigenvalue weighted by molar-refractivity contribution is 0.0389. The highest BCUT2D eigenvalue weighted by Crippen LogP contribution is 2.35. The fourth-order valence-corrected chi connectivity index (χ4v) is 5.85. The fourth-order valence-electron chi connectivity index (χ4n) is 4.64. The lowest BCUT2D eigenvalue weighted by Crippen LogP contribution is -2.50. The van der Waals surface area contributed by atoms with Crippen molar-refractivity contribution >= 4 is 33.3 Å². The first-order chi connectivity index (χ1) is 20.0. The maximum absolute atomic E-state index is 13.7. The number of anilines is 2. The number of hydrogen-bond donors (Lipinski definition) is 3. The standard InChI is InChI=1S/C30H36N4O7S/c1-20-17-34(21(2)19-35)29(36)25-11-8-12-26(32-30(37)31-22-13-15-23(40-4)16-14-22)28(25)41-27(20)18-33(3)42(38,39)24-9-6-5-7-10-24/h5-16,20-21,27,35H,17-19H2,1-4H3,(H2,31,32,37)/t20-,21+,27+/m0/s1. The highest BCUT2D eigenvalue weighted by molar-refractivity contribution is 7.89. The lowest BCUT2D eigenvalue weighted by Gasteiger charge is -2.38. The van der Waals surface area contributed by atoms with E-state index in [4.69, 9.17) is 9.47 Å². The number of likely N-dealkylation sites (N-methyl/N-ethyl adjacent to an activating group) is 1. The number of hydrogen-bond acceptors (Lipinski definition) is 7. The van der Waals surface area contributed by atoms with Crippen LogP contribution in [0.2, 0.25) is 0 Å². The van der Waals surface area contributed by atoms with Gasteiger partial charge in [0, 0.05) is 25.2 Å². The van der Waals surface area contributed by atoms with Crippen LogP contribution < -0.4 is 20.1 Å². The predicted octanol–water partition coefficient (Wildman–Crippen LogP) is 3.88. The number of amides is 3. The molecule has 224 valence electrons. The van der Waals surface area contributed by atoms with Gasteiger partial charge >= 0.3 is 6.03 Å². The van der Waals surface area contributed by atoms with Gasteiger partial charge in [-0.2, -0.15) is 4.31 Å². The number of fused-ring (bicyclic) bond motifs is 1. The first-order valence-corrected chi connectivity index (χ1v) is 14.9. The van der Waals surface area contributed by atoms with E-state index in [1.807, 2.05) is 6.92 Å². The van der Waals surface area contributed by atoms with Gasteiger partial charge in [-0.25, -0.2) is 13.2 Å². The van der Waals surface area contributed by atoms with E-state index in [0.29, 0.717) is 11.4 Å². The highest BCUT2D eigenvalue weighted by atomic mass is 32.2. The number of nitrogens with one attached hydrogen (secondary N) is 2. The van der Waals surface area contributed by atoms with Crippen LogP contribution in [0.5, 0.6) is 11.5 Å². The van der Waals surface area contributed by atoms with E-state index in [2.05, 4.69) is 10.6 Å². The Labute approximate surface area is 246 Å². The summed E-state index contributed by atoms with van der Waals surface area (Å²) in [6.07, 6.45) is -0.707. The van der Waals surface area contributed by atoms with Gasteiger partial charge in [0.1, 0.15) is 11.9 Å². The summed E-state index contributed by atoms with van der Waals surface area (Å²) in [4.78, 5) is 28.3. The molecule has 0 aromatic heterocycles. The monoisotopic (exact) mass is 596 g/mol. The Bertz CT molecular complexity index is 1500. The molecule has 42 heavy (non-hydrogen) atoms. The van der Waals surface area contributed by atoms with Crippen molar-refractivity contribution in [3.05, 3.63) is 78.4 Å². The Kier molecular flexibility index (Phi) is 9.71. The minimum absolute atomic E-state index is 0.0280. The third-order valence-electron chi connectivity index (χ3n) is 7.18. The van der Waals surface area contributed by atoms with Gasteiger partial charge in [-0.05, 0) is 55.5 Å². The van der Waals surface area contributed by atoms with Crippen LogP contribution in [0.1, 0.15) is 24.2 Å². The maximum Gasteiger partial charge on any atom is 0.323 e. The van der Waals surface area contributed by atoms with Crippen LogP contribution in [0, 0.1) is 5.92 Å². The Morgan fingerprint density at radius 2 is 1.79 bits per heavy atom. The molecule has 3 aromatic rings. The van der Waals surface area contributed by atoms with Crippen LogP contribution in [-0.4, -0.2) is 80.7 Å². The van der Waals surface area contributed by atoms with Gasteiger partial charge < -0.3 is 30.1 Å². The summed E-state index contributed by atoms with van der Waals surface area (Å²) < 4.78 is 39.4. The Hall–Kier alpha value is -4.13. The Morgan fingerprint density at radius 3 is 2.43 bits per heavy atom. The topological polar surface area (TPSA) is 138 Å². The van der Waals surface area contributed by atoms with E-state index < -0.39 is 28.2 Å². The van der Waals surface area contributed by atoms with Crippen molar-refractivity contribution in [2.45, 2.75) is 30.9 Å². The van der Waals surface area contributed by atoms with E-state index in [-0.39, 0.29) is 53.4 Å². The molecule has 0 aliphatic carbocycles. The van der Waals surface area contributed by atoms with Crippen molar-refractivity contribution in [2.75, 3.05) is 44.5 Å². The van der Waals surface area contributed by atoms with Crippen molar-refractivity contribution in [1.29, 1.82) is 0 Å². The number of methoxy groups -OCH3 is 1. The number of sulfonamides is 1. The zero-order valence-electron chi connectivity index (χ0n) is 24.0. The molecule has 12 heteroatoms. The van der Waals surface area contributed by atoms with Crippen molar-refractivity contribution < 1.29 is 32.6 Å². The summed E-state index contributed by atoms with van der Waals surface area (Å²) in [5.41, 5.74) is 0.936. The Morgan fingerprint density at radius 1 is 1.10 bits per heavy atom. The third-order valence-corrected chi connectivity index (χ3v) is 9.01. The number of ether oxygens (including phenoxy) is 2. The first-order valence-electron chi connectivity index (χ1n) is 13.5. The van der Waals surface area contributed by atoms with E-state index >= 15 is 0 Å². The van der Waals surface area contributed by atoms with Gasteiger partial charge in [0.05, 0.1) is 42.4 Å². The molecular formula is C30H36N4O7S. The first kappa shape index (κ1) is 30.8. The summed E-state index contributed by atoms with van der Waals surface area (Å²) in [6.45, 7) is 3.52. The number of nitrogens with zero attached hydrogens (tertiary/aromatic N) is 2.